The number of halogens is 1. The first kappa shape index (κ1) is 22.3. The van der Waals surface area contributed by atoms with E-state index in [9.17, 15) is 9.59 Å². The number of ether oxygens (including phenoxy) is 1. The highest BCUT2D eigenvalue weighted by atomic mass is 35.5. The van der Waals surface area contributed by atoms with E-state index >= 15 is 0 Å². The largest absolute Gasteiger partial charge is 0.482 e. The van der Waals surface area contributed by atoms with Crippen molar-refractivity contribution in [1.29, 1.82) is 0 Å². The molecule has 8 nitrogen and oxygen atoms in total. The average Bonchev–Trinajstić information content (AvgIpc) is 3.16. The van der Waals surface area contributed by atoms with Gasteiger partial charge in [0.15, 0.2) is 12.3 Å². The van der Waals surface area contributed by atoms with E-state index in [0.29, 0.717) is 30.2 Å². The number of carbonyl (C=O) groups excluding carboxylic acids is 2. The van der Waals surface area contributed by atoms with Crippen molar-refractivity contribution in [2.45, 2.75) is 20.8 Å². The van der Waals surface area contributed by atoms with Gasteiger partial charge in [0.25, 0.3) is 11.8 Å². The first-order valence-electron chi connectivity index (χ1n) is 9.93. The van der Waals surface area contributed by atoms with E-state index in [1.165, 1.54) is 4.80 Å². The average molecular weight is 442 g/mol. The fourth-order valence-electron chi connectivity index (χ4n) is 2.96. The minimum absolute atomic E-state index is 0.102. The standard InChI is InChI=1S/C22H24ClN5O3/c1-4-27(5-2)20(29)14-31-19-12-11-16(13-18(19)23)24-22(30)21-15(3)25-28(26-21)17-9-7-6-8-10-17/h6-13H,4-5,14H2,1-3H3,(H,24,30). The highest BCUT2D eigenvalue weighted by Gasteiger charge is 2.17. The number of aromatic nitrogens is 3. The number of hydrogen-bond donors (Lipinski definition) is 1. The Hall–Kier alpha value is -3.39. The van der Waals surface area contributed by atoms with Crippen LogP contribution in [-0.2, 0) is 4.79 Å². The number of benzene rings is 2. The van der Waals surface area contributed by atoms with Crippen LogP contribution >= 0.6 is 11.6 Å². The van der Waals surface area contributed by atoms with Crippen molar-refractivity contribution in [2.75, 3.05) is 25.0 Å². The molecule has 2 aromatic carbocycles. The summed E-state index contributed by atoms with van der Waals surface area (Å²) in [5, 5.41) is 11.6. The summed E-state index contributed by atoms with van der Waals surface area (Å²) in [4.78, 5) is 27.9. The highest BCUT2D eigenvalue weighted by molar-refractivity contribution is 6.32. The number of hydrogen-bond acceptors (Lipinski definition) is 5. The molecule has 0 unspecified atom stereocenters. The molecule has 0 spiro atoms. The topological polar surface area (TPSA) is 89.4 Å². The van der Waals surface area contributed by atoms with Crippen LogP contribution in [0, 0.1) is 6.92 Å². The lowest BCUT2D eigenvalue weighted by Crippen LogP contribution is -2.34. The maximum absolute atomic E-state index is 12.7. The van der Waals surface area contributed by atoms with Gasteiger partial charge in [-0.3, -0.25) is 9.59 Å². The summed E-state index contributed by atoms with van der Waals surface area (Å²) in [5.41, 5.74) is 1.95. The molecule has 0 aliphatic carbocycles. The summed E-state index contributed by atoms with van der Waals surface area (Å²) < 4.78 is 5.54. The van der Waals surface area contributed by atoms with Gasteiger partial charge in [-0.2, -0.15) is 9.90 Å². The Labute approximate surface area is 185 Å². The van der Waals surface area contributed by atoms with Crippen LogP contribution in [0.1, 0.15) is 30.0 Å². The molecule has 0 saturated heterocycles. The van der Waals surface area contributed by atoms with Crippen molar-refractivity contribution in [3.05, 3.63) is 64.9 Å². The molecule has 0 radical (unpaired) electrons. The minimum atomic E-state index is -0.402. The molecule has 0 fully saturated rings. The maximum atomic E-state index is 12.7. The molecule has 9 heteroatoms. The van der Waals surface area contributed by atoms with Crippen molar-refractivity contribution in [1.82, 2.24) is 19.9 Å². The van der Waals surface area contributed by atoms with Crippen molar-refractivity contribution in [2.24, 2.45) is 0 Å². The number of carbonyl (C=O) groups is 2. The second-order valence-corrected chi connectivity index (χ2v) is 7.12. The van der Waals surface area contributed by atoms with Crippen LogP contribution in [0.2, 0.25) is 5.02 Å². The lowest BCUT2D eigenvalue weighted by atomic mass is 10.2. The van der Waals surface area contributed by atoms with E-state index in [1.54, 1.807) is 30.0 Å². The maximum Gasteiger partial charge on any atom is 0.278 e. The van der Waals surface area contributed by atoms with Crippen LogP contribution in [0.4, 0.5) is 5.69 Å². The molecule has 2 amide bonds. The normalized spacial score (nSPS) is 10.6. The SMILES string of the molecule is CCN(CC)C(=O)COc1ccc(NC(=O)c2nn(-c3ccccc3)nc2C)cc1Cl. The molecule has 162 valence electrons. The molecule has 1 heterocycles. The Balaban J connectivity index is 1.67. The van der Waals surface area contributed by atoms with Crippen molar-refractivity contribution >= 4 is 29.1 Å². The summed E-state index contributed by atoms with van der Waals surface area (Å²) in [6.07, 6.45) is 0. The molecular weight excluding hydrogens is 418 g/mol. The monoisotopic (exact) mass is 441 g/mol. The van der Waals surface area contributed by atoms with Gasteiger partial charge in [0.2, 0.25) is 0 Å². The smallest absolute Gasteiger partial charge is 0.278 e. The van der Waals surface area contributed by atoms with Crippen LogP contribution < -0.4 is 10.1 Å². The number of likely N-dealkylation sites (N-methyl/N-ethyl adjacent to an activating group) is 1. The number of amides is 2. The van der Waals surface area contributed by atoms with E-state index in [2.05, 4.69) is 15.5 Å². The Morgan fingerprint density at radius 3 is 2.45 bits per heavy atom. The Morgan fingerprint density at radius 1 is 1.10 bits per heavy atom. The summed E-state index contributed by atoms with van der Waals surface area (Å²) in [7, 11) is 0. The second kappa shape index (κ2) is 10.1. The lowest BCUT2D eigenvalue weighted by Gasteiger charge is -2.19. The van der Waals surface area contributed by atoms with Crippen molar-refractivity contribution in [3.8, 4) is 11.4 Å². The van der Waals surface area contributed by atoms with Gasteiger partial charge in [0.1, 0.15) is 5.75 Å². The molecule has 0 aliphatic heterocycles. The van der Waals surface area contributed by atoms with E-state index in [-0.39, 0.29) is 23.2 Å². The molecular formula is C22H24ClN5O3. The number of para-hydroxylation sites is 1. The van der Waals surface area contributed by atoms with Gasteiger partial charge in [-0.15, -0.1) is 5.10 Å². The minimum Gasteiger partial charge on any atom is -0.482 e. The van der Waals surface area contributed by atoms with Crippen LogP contribution in [-0.4, -0.2) is 51.4 Å². The summed E-state index contributed by atoms with van der Waals surface area (Å²) in [5.74, 6) is -0.150. The molecule has 0 bridgehead atoms. The third-order valence-electron chi connectivity index (χ3n) is 4.64. The zero-order chi connectivity index (χ0) is 22.4. The van der Waals surface area contributed by atoms with Gasteiger partial charge in [-0.25, -0.2) is 0 Å². The van der Waals surface area contributed by atoms with E-state index in [1.807, 2.05) is 44.2 Å². The van der Waals surface area contributed by atoms with Gasteiger partial charge < -0.3 is 15.0 Å². The number of rotatable bonds is 8. The summed E-state index contributed by atoms with van der Waals surface area (Å²) >= 11 is 6.27. The van der Waals surface area contributed by atoms with Crippen LogP contribution in [0.5, 0.6) is 5.75 Å². The predicted octanol–water partition coefficient (Wildman–Crippen LogP) is 3.73. The molecule has 1 aromatic heterocycles. The number of nitrogens with zero attached hydrogens (tertiary/aromatic N) is 4. The van der Waals surface area contributed by atoms with Crippen molar-refractivity contribution < 1.29 is 14.3 Å². The molecule has 0 saturated carbocycles. The van der Waals surface area contributed by atoms with Crippen LogP contribution in [0.25, 0.3) is 5.69 Å². The number of aryl methyl sites for hydroxylation is 1. The molecule has 1 N–H and O–H groups in total. The first-order valence-corrected chi connectivity index (χ1v) is 10.3. The van der Waals surface area contributed by atoms with Gasteiger partial charge in [0, 0.05) is 18.8 Å². The summed E-state index contributed by atoms with van der Waals surface area (Å²) in [6.45, 7) is 6.67. The Bertz CT molecular complexity index is 1060. The fourth-order valence-corrected chi connectivity index (χ4v) is 3.19. The van der Waals surface area contributed by atoms with E-state index in [0.717, 1.165) is 5.69 Å². The molecule has 3 rings (SSSR count). The molecule has 0 atom stereocenters. The van der Waals surface area contributed by atoms with Crippen LogP contribution in [0.3, 0.4) is 0 Å². The lowest BCUT2D eigenvalue weighted by molar-refractivity contribution is -0.132. The molecule has 31 heavy (non-hydrogen) atoms. The first-order chi connectivity index (χ1) is 14.9. The van der Waals surface area contributed by atoms with Crippen LogP contribution in [0.15, 0.2) is 48.5 Å². The molecule has 0 aliphatic rings. The van der Waals surface area contributed by atoms with Gasteiger partial charge >= 0.3 is 0 Å². The quantitative estimate of drug-likeness (QED) is 0.575. The third-order valence-corrected chi connectivity index (χ3v) is 4.94. The zero-order valence-corrected chi connectivity index (χ0v) is 18.4. The van der Waals surface area contributed by atoms with Crippen molar-refractivity contribution in [3.63, 3.8) is 0 Å². The fraction of sp³-hybridized carbons (Fsp3) is 0.273. The number of anilines is 1. The van der Waals surface area contributed by atoms with E-state index < -0.39 is 5.91 Å². The zero-order valence-electron chi connectivity index (χ0n) is 17.6. The van der Waals surface area contributed by atoms with Gasteiger partial charge in [-0.05, 0) is 51.1 Å². The Morgan fingerprint density at radius 2 is 1.81 bits per heavy atom. The molecule has 3 aromatic rings. The number of nitrogens with one attached hydrogen (secondary N) is 1. The second-order valence-electron chi connectivity index (χ2n) is 6.71. The van der Waals surface area contributed by atoms with E-state index in [4.69, 9.17) is 16.3 Å². The summed E-state index contributed by atoms with van der Waals surface area (Å²) in [6, 6.07) is 14.2. The van der Waals surface area contributed by atoms with Gasteiger partial charge in [0.05, 0.1) is 16.4 Å². The highest BCUT2D eigenvalue weighted by Crippen LogP contribution is 2.28. The predicted molar refractivity (Wildman–Crippen MR) is 119 cm³/mol. The third kappa shape index (κ3) is 5.40. The Kier molecular flexibility index (Phi) is 7.25. The van der Waals surface area contributed by atoms with Gasteiger partial charge in [-0.1, -0.05) is 29.8 Å².